The lowest BCUT2D eigenvalue weighted by Gasteiger charge is -2.23. The van der Waals surface area contributed by atoms with Crippen molar-refractivity contribution in [3.8, 4) is 0 Å². The van der Waals surface area contributed by atoms with Crippen molar-refractivity contribution >= 4 is 33.2 Å². The van der Waals surface area contributed by atoms with Gasteiger partial charge in [0.1, 0.15) is 0 Å². The van der Waals surface area contributed by atoms with Gasteiger partial charge in [-0.3, -0.25) is 13.9 Å². The number of hydrogen-bond acceptors (Lipinski definition) is 4. The Labute approximate surface area is 143 Å². The topological polar surface area (TPSA) is 95.6 Å². The molecule has 24 heavy (non-hydrogen) atoms. The number of nitrogens with zero attached hydrogens (tertiary/aromatic N) is 1. The molecule has 0 bridgehead atoms. The molecule has 0 saturated carbocycles. The van der Waals surface area contributed by atoms with E-state index in [1.807, 2.05) is 13.8 Å². The number of carbonyl (C=O) groups is 2. The molecule has 0 unspecified atom stereocenters. The van der Waals surface area contributed by atoms with E-state index in [9.17, 15) is 18.0 Å². The van der Waals surface area contributed by atoms with Crippen LogP contribution in [-0.4, -0.2) is 39.6 Å². The number of carbonyl (C=O) groups excluding carboxylic acids is 2. The Kier molecular flexibility index (Phi) is 7.21. The van der Waals surface area contributed by atoms with Gasteiger partial charge in [0.25, 0.3) is 0 Å². The number of anilines is 2. The Balaban J connectivity index is 2.84. The summed E-state index contributed by atoms with van der Waals surface area (Å²) in [5, 5.41) is 5.34. The molecule has 0 aromatic heterocycles. The first-order valence-electron chi connectivity index (χ1n) is 7.71. The Hall–Kier alpha value is -2.09. The summed E-state index contributed by atoms with van der Waals surface area (Å²) in [5.41, 5.74) is 0.944. The highest BCUT2D eigenvalue weighted by Gasteiger charge is 2.18. The summed E-state index contributed by atoms with van der Waals surface area (Å²) in [6.45, 7) is 5.59. The molecule has 0 fully saturated rings. The Morgan fingerprint density at radius 1 is 1.25 bits per heavy atom. The second-order valence-corrected chi connectivity index (χ2v) is 7.92. The second kappa shape index (κ2) is 8.68. The van der Waals surface area contributed by atoms with E-state index in [0.29, 0.717) is 17.8 Å². The van der Waals surface area contributed by atoms with Crippen LogP contribution in [0, 0.1) is 5.92 Å². The van der Waals surface area contributed by atoms with Crippen LogP contribution in [0.15, 0.2) is 24.3 Å². The van der Waals surface area contributed by atoms with Gasteiger partial charge < -0.3 is 10.6 Å². The minimum atomic E-state index is -3.51. The lowest BCUT2D eigenvalue weighted by molar-refractivity contribution is -0.121. The van der Waals surface area contributed by atoms with E-state index in [2.05, 4.69) is 10.6 Å². The van der Waals surface area contributed by atoms with E-state index in [1.54, 1.807) is 24.3 Å². The van der Waals surface area contributed by atoms with E-state index >= 15 is 0 Å². The van der Waals surface area contributed by atoms with Gasteiger partial charge >= 0.3 is 0 Å². The van der Waals surface area contributed by atoms with Crippen LogP contribution in [0.25, 0.3) is 0 Å². The van der Waals surface area contributed by atoms with Gasteiger partial charge in [-0.15, -0.1) is 0 Å². The van der Waals surface area contributed by atoms with Gasteiger partial charge in [-0.1, -0.05) is 19.9 Å². The summed E-state index contributed by atoms with van der Waals surface area (Å²) < 4.78 is 25.3. The van der Waals surface area contributed by atoms with Crippen molar-refractivity contribution in [2.24, 2.45) is 5.92 Å². The quantitative estimate of drug-likeness (QED) is 0.740. The monoisotopic (exact) mass is 355 g/mol. The molecule has 1 aromatic rings. The lowest BCUT2D eigenvalue weighted by atomic mass is 10.1. The van der Waals surface area contributed by atoms with Crippen molar-refractivity contribution in [2.45, 2.75) is 27.2 Å². The van der Waals surface area contributed by atoms with Crippen LogP contribution in [-0.2, 0) is 19.6 Å². The Morgan fingerprint density at radius 2 is 1.92 bits per heavy atom. The Morgan fingerprint density at radius 3 is 2.46 bits per heavy atom. The van der Waals surface area contributed by atoms with E-state index in [1.165, 1.54) is 11.2 Å². The molecule has 0 atom stereocenters. The largest absolute Gasteiger partial charge is 0.354 e. The van der Waals surface area contributed by atoms with Gasteiger partial charge in [-0.2, -0.15) is 0 Å². The van der Waals surface area contributed by atoms with Crippen LogP contribution in [0.3, 0.4) is 0 Å². The zero-order chi connectivity index (χ0) is 18.3. The first kappa shape index (κ1) is 20.0. The predicted molar refractivity (Wildman–Crippen MR) is 95.4 cm³/mol. The molecule has 0 aliphatic rings. The molecule has 0 spiro atoms. The standard InChI is InChI=1S/C16H25N3O4S/c1-12(2)10-16(21)17-8-9-19(24(4,22)23)15-7-5-6-14(11-15)18-13(3)20/h5-7,11-12H,8-10H2,1-4H3,(H,17,21)(H,18,20). The Bertz CT molecular complexity index is 686. The first-order chi connectivity index (χ1) is 11.1. The molecule has 0 heterocycles. The van der Waals surface area contributed by atoms with Crippen molar-refractivity contribution in [3.63, 3.8) is 0 Å². The zero-order valence-corrected chi connectivity index (χ0v) is 15.3. The summed E-state index contributed by atoms with van der Waals surface area (Å²) in [7, 11) is -3.51. The number of rotatable bonds is 8. The van der Waals surface area contributed by atoms with Crippen molar-refractivity contribution < 1.29 is 18.0 Å². The first-order valence-corrected chi connectivity index (χ1v) is 9.56. The summed E-state index contributed by atoms with van der Waals surface area (Å²) in [6.07, 6.45) is 1.50. The van der Waals surface area contributed by atoms with Crippen molar-refractivity contribution in [1.29, 1.82) is 0 Å². The van der Waals surface area contributed by atoms with Gasteiger partial charge in [0.2, 0.25) is 21.8 Å². The van der Waals surface area contributed by atoms with Crippen LogP contribution in [0.5, 0.6) is 0 Å². The van der Waals surface area contributed by atoms with Crippen LogP contribution >= 0.6 is 0 Å². The maximum Gasteiger partial charge on any atom is 0.232 e. The fourth-order valence-corrected chi connectivity index (χ4v) is 3.09. The lowest BCUT2D eigenvalue weighted by Crippen LogP contribution is -2.38. The van der Waals surface area contributed by atoms with E-state index in [4.69, 9.17) is 0 Å². The normalized spacial score (nSPS) is 11.2. The van der Waals surface area contributed by atoms with Crippen LogP contribution in [0.4, 0.5) is 11.4 Å². The number of hydrogen-bond donors (Lipinski definition) is 2. The molecular weight excluding hydrogens is 330 g/mol. The van der Waals surface area contributed by atoms with Gasteiger partial charge in [0.15, 0.2) is 0 Å². The fourth-order valence-electron chi connectivity index (χ4n) is 2.17. The molecule has 7 nitrogen and oxygen atoms in total. The maximum absolute atomic E-state index is 12.0. The molecule has 0 saturated heterocycles. The molecule has 1 aromatic carbocycles. The van der Waals surface area contributed by atoms with Crippen molar-refractivity contribution in [2.75, 3.05) is 29.0 Å². The van der Waals surface area contributed by atoms with Crippen LogP contribution < -0.4 is 14.9 Å². The zero-order valence-electron chi connectivity index (χ0n) is 14.5. The molecular formula is C16H25N3O4S. The van der Waals surface area contributed by atoms with Crippen LogP contribution in [0.2, 0.25) is 0 Å². The highest BCUT2D eigenvalue weighted by molar-refractivity contribution is 7.92. The summed E-state index contributed by atoms with van der Waals surface area (Å²) in [4.78, 5) is 22.8. The third kappa shape index (κ3) is 6.99. The third-order valence-corrected chi connectivity index (χ3v) is 4.28. The average molecular weight is 355 g/mol. The van der Waals surface area contributed by atoms with Crippen molar-refractivity contribution in [1.82, 2.24) is 5.32 Å². The van der Waals surface area contributed by atoms with E-state index < -0.39 is 10.0 Å². The molecule has 2 N–H and O–H groups in total. The molecule has 1 rings (SSSR count). The maximum atomic E-state index is 12.0. The molecule has 8 heteroatoms. The van der Waals surface area contributed by atoms with Gasteiger partial charge in [-0.25, -0.2) is 8.42 Å². The van der Waals surface area contributed by atoms with E-state index in [-0.39, 0.29) is 30.8 Å². The minimum absolute atomic E-state index is 0.106. The molecule has 134 valence electrons. The average Bonchev–Trinajstić information content (AvgIpc) is 2.41. The van der Waals surface area contributed by atoms with Gasteiger partial charge in [0.05, 0.1) is 18.5 Å². The molecule has 2 amide bonds. The number of sulfonamides is 1. The number of nitrogens with one attached hydrogen (secondary N) is 2. The fraction of sp³-hybridized carbons (Fsp3) is 0.500. The second-order valence-electron chi connectivity index (χ2n) is 6.01. The highest BCUT2D eigenvalue weighted by Crippen LogP contribution is 2.21. The third-order valence-electron chi connectivity index (χ3n) is 3.09. The summed E-state index contributed by atoms with van der Waals surface area (Å²) in [5.74, 6) is -0.102. The van der Waals surface area contributed by atoms with Gasteiger partial charge in [-0.05, 0) is 24.1 Å². The highest BCUT2D eigenvalue weighted by atomic mass is 32.2. The number of amides is 2. The van der Waals surface area contributed by atoms with E-state index in [0.717, 1.165) is 6.26 Å². The molecule has 0 aliphatic carbocycles. The summed E-state index contributed by atoms with van der Waals surface area (Å²) >= 11 is 0. The molecule has 0 aliphatic heterocycles. The van der Waals surface area contributed by atoms with Crippen LogP contribution in [0.1, 0.15) is 27.2 Å². The smallest absolute Gasteiger partial charge is 0.232 e. The van der Waals surface area contributed by atoms with Gasteiger partial charge in [0, 0.05) is 25.6 Å². The summed E-state index contributed by atoms with van der Waals surface area (Å²) in [6, 6.07) is 6.56. The number of benzene rings is 1. The minimum Gasteiger partial charge on any atom is -0.354 e. The molecule has 0 radical (unpaired) electrons. The van der Waals surface area contributed by atoms with Crippen molar-refractivity contribution in [3.05, 3.63) is 24.3 Å². The predicted octanol–water partition coefficient (Wildman–Crippen LogP) is 1.57. The SMILES string of the molecule is CC(=O)Nc1cccc(N(CCNC(=O)CC(C)C)S(C)(=O)=O)c1.